The molecule has 1 amide bonds. The maximum Gasteiger partial charge on any atom is 0.407 e. The normalized spacial score (nSPS) is 16.3. The second-order valence-corrected chi connectivity index (χ2v) is 10.2. The third kappa shape index (κ3) is 4.73. The topological polar surface area (TPSA) is 89.1 Å². The molecule has 8 nitrogen and oxygen atoms in total. The Morgan fingerprint density at radius 1 is 1.17 bits per heavy atom. The molecule has 182 valence electrons. The Hall–Kier alpha value is -3.81. The van der Waals surface area contributed by atoms with Crippen molar-refractivity contribution in [3.63, 3.8) is 0 Å². The van der Waals surface area contributed by atoms with Crippen LogP contribution in [-0.2, 0) is 4.74 Å². The van der Waals surface area contributed by atoms with Crippen LogP contribution in [0.3, 0.4) is 0 Å². The maximum absolute atomic E-state index is 12.9. The number of alkyl carbamates (subject to hydrolysis) is 1. The number of carbonyl (C=O) groups is 1. The third-order valence-electron chi connectivity index (χ3n) is 6.19. The Bertz CT molecular complexity index is 1500. The molecule has 5 rings (SSSR count). The number of amides is 1. The van der Waals surface area contributed by atoms with E-state index in [1.807, 2.05) is 81.7 Å². The summed E-state index contributed by atoms with van der Waals surface area (Å²) in [6.07, 6.45) is 4.30. The molecular weight excluding hydrogens is 444 g/mol. The molecule has 0 aliphatic carbocycles. The van der Waals surface area contributed by atoms with Crippen LogP contribution < -0.4 is 15.8 Å². The fraction of sp³-hybridized carbons (Fsp3) is 0.370. The highest BCUT2D eigenvalue weighted by Crippen LogP contribution is 2.28. The van der Waals surface area contributed by atoms with E-state index in [9.17, 15) is 9.59 Å². The van der Waals surface area contributed by atoms with Gasteiger partial charge in [-0.05, 0) is 65.3 Å². The summed E-state index contributed by atoms with van der Waals surface area (Å²) in [5.74, 6) is 0. The first-order valence-electron chi connectivity index (χ1n) is 11.8. The van der Waals surface area contributed by atoms with Crippen molar-refractivity contribution >= 4 is 28.3 Å². The molecule has 35 heavy (non-hydrogen) atoms. The summed E-state index contributed by atoms with van der Waals surface area (Å²) < 4.78 is 13.1. The van der Waals surface area contributed by atoms with Crippen molar-refractivity contribution in [1.29, 1.82) is 0 Å². The fourth-order valence-electron chi connectivity index (χ4n) is 4.66. The van der Waals surface area contributed by atoms with Gasteiger partial charge < -0.3 is 23.8 Å². The average molecular weight is 475 g/mol. The number of benzene rings is 1. The van der Waals surface area contributed by atoms with Crippen molar-refractivity contribution in [3.8, 4) is 11.1 Å². The van der Waals surface area contributed by atoms with Gasteiger partial charge >= 0.3 is 11.7 Å². The first kappa shape index (κ1) is 23.0. The molecule has 4 aromatic rings. The maximum atomic E-state index is 12.9. The molecule has 1 unspecified atom stereocenters. The zero-order valence-corrected chi connectivity index (χ0v) is 20.7. The summed E-state index contributed by atoms with van der Waals surface area (Å²) in [6.45, 7) is 10.9. The lowest BCUT2D eigenvalue weighted by Crippen LogP contribution is -2.40. The minimum Gasteiger partial charge on any atom is -0.444 e. The minimum atomic E-state index is -0.528. The van der Waals surface area contributed by atoms with Crippen LogP contribution in [0, 0.1) is 13.8 Å². The molecule has 1 aliphatic rings. The Balaban J connectivity index is 1.38. The van der Waals surface area contributed by atoms with E-state index in [1.54, 1.807) is 0 Å². The second kappa shape index (κ2) is 8.45. The number of nitrogens with zero attached hydrogens (tertiary/aromatic N) is 3. The van der Waals surface area contributed by atoms with Gasteiger partial charge in [0, 0.05) is 48.2 Å². The van der Waals surface area contributed by atoms with Gasteiger partial charge in [-0.3, -0.25) is 4.98 Å². The Labute approximate surface area is 203 Å². The van der Waals surface area contributed by atoms with Crippen molar-refractivity contribution in [2.75, 3.05) is 18.0 Å². The summed E-state index contributed by atoms with van der Waals surface area (Å²) in [5.41, 5.74) is 4.70. The molecule has 1 saturated heterocycles. The lowest BCUT2D eigenvalue weighted by atomic mass is 10.1. The van der Waals surface area contributed by atoms with Crippen molar-refractivity contribution in [3.05, 3.63) is 64.5 Å². The highest BCUT2D eigenvalue weighted by molar-refractivity contribution is 5.85. The van der Waals surface area contributed by atoms with E-state index in [-0.39, 0.29) is 11.7 Å². The molecule has 1 aliphatic heterocycles. The van der Waals surface area contributed by atoms with E-state index in [2.05, 4.69) is 15.2 Å². The molecular formula is C27H30N4O4. The highest BCUT2D eigenvalue weighted by atomic mass is 16.6. The van der Waals surface area contributed by atoms with Gasteiger partial charge in [-0.25, -0.2) is 9.59 Å². The second-order valence-electron chi connectivity index (χ2n) is 10.2. The summed E-state index contributed by atoms with van der Waals surface area (Å²) in [4.78, 5) is 31.7. The zero-order valence-electron chi connectivity index (χ0n) is 20.7. The van der Waals surface area contributed by atoms with Crippen molar-refractivity contribution in [1.82, 2.24) is 14.7 Å². The predicted octanol–water partition coefficient (Wildman–Crippen LogP) is 4.83. The quantitative estimate of drug-likeness (QED) is 0.428. The Kier molecular flexibility index (Phi) is 5.54. The lowest BCUT2D eigenvalue weighted by Gasteiger charge is -2.22. The van der Waals surface area contributed by atoms with Crippen LogP contribution in [-0.4, -0.2) is 40.2 Å². The predicted molar refractivity (Wildman–Crippen MR) is 136 cm³/mol. The van der Waals surface area contributed by atoms with Crippen molar-refractivity contribution < 1.29 is 13.9 Å². The third-order valence-corrected chi connectivity index (χ3v) is 6.19. The standard InChI is InChI=1S/C27H30N4O4/c1-16-13-31-14-19(11-23(31)17(2)28-16)22-10-18-6-7-21(12-24(18)34-25(22)32)30-9-8-20(15-30)29-26(33)35-27(3,4)5/h6-7,10-14,20H,8-9,15H2,1-5H3,(H,29,33). The van der Waals surface area contributed by atoms with Crippen LogP contribution in [0.4, 0.5) is 10.5 Å². The fourth-order valence-corrected chi connectivity index (χ4v) is 4.66. The number of aryl methyl sites for hydroxylation is 2. The molecule has 0 saturated carbocycles. The Morgan fingerprint density at radius 2 is 1.97 bits per heavy atom. The van der Waals surface area contributed by atoms with E-state index >= 15 is 0 Å². The molecule has 1 N–H and O–H groups in total. The lowest BCUT2D eigenvalue weighted by molar-refractivity contribution is 0.0509. The van der Waals surface area contributed by atoms with Gasteiger partial charge in [-0.2, -0.15) is 0 Å². The molecule has 0 radical (unpaired) electrons. The molecule has 4 heterocycles. The summed E-state index contributed by atoms with van der Waals surface area (Å²) >= 11 is 0. The van der Waals surface area contributed by atoms with Crippen LogP contribution in [0.2, 0.25) is 0 Å². The van der Waals surface area contributed by atoms with E-state index < -0.39 is 11.7 Å². The molecule has 1 atom stereocenters. The smallest absolute Gasteiger partial charge is 0.407 e. The number of carbonyl (C=O) groups excluding carboxylic acids is 1. The van der Waals surface area contributed by atoms with Gasteiger partial charge in [-0.15, -0.1) is 0 Å². The van der Waals surface area contributed by atoms with Gasteiger partial charge in [-0.1, -0.05) is 0 Å². The van der Waals surface area contributed by atoms with Crippen molar-refractivity contribution in [2.24, 2.45) is 0 Å². The van der Waals surface area contributed by atoms with Crippen molar-refractivity contribution in [2.45, 2.75) is 52.7 Å². The monoisotopic (exact) mass is 474 g/mol. The van der Waals surface area contributed by atoms with E-state index in [0.29, 0.717) is 17.7 Å². The number of ether oxygens (including phenoxy) is 1. The highest BCUT2D eigenvalue weighted by Gasteiger charge is 2.26. The molecule has 1 fully saturated rings. The molecule has 0 bridgehead atoms. The van der Waals surface area contributed by atoms with E-state index in [4.69, 9.17) is 9.15 Å². The number of aromatic nitrogens is 2. The number of hydrogen-bond donors (Lipinski definition) is 1. The largest absolute Gasteiger partial charge is 0.444 e. The van der Waals surface area contributed by atoms with Crippen LogP contribution in [0.5, 0.6) is 0 Å². The average Bonchev–Trinajstić information content (AvgIpc) is 3.38. The Morgan fingerprint density at radius 3 is 2.74 bits per heavy atom. The van der Waals surface area contributed by atoms with Crippen LogP contribution in [0.25, 0.3) is 27.6 Å². The minimum absolute atomic E-state index is 0.000452. The summed E-state index contributed by atoms with van der Waals surface area (Å²) in [5, 5.41) is 3.80. The van der Waals surface area contributed by atoms with Gasteiger partial charge in [0.15, 0.2) is 0 Å². The molecule has 1 aromatic carbocycles. The molecule has 3 aromatic heterocycles. The first-order chi connectivity index (χ1) is 16.6. The van der Waals surface area contributed by atoms with E-state index in [1.165, 1.54) is 0 Å². The number of hydrogen-bond acceptors (Lipinski definition) is 6. The number of anilines is 1. The summed E-state index contributed by atoms with van der Waals surface area (Å²) in [7, 11) is 0. The van der Waals surface area contributed by atoms with Crippen LogP contribution in [0.15, 0.2) is 51.9 Å². The number of nitrogens with one attached hydrogen (secondary N) is 1. The number of rotatable bonds is 3. The van der Waals surface area contributed by atoms with Crippen LogP contribution >= 0.6 is 0 Å². The molecule has 0 spiro atoms. The number of fused-ring (bicyclic) bond motifs is 2. The first-order valence-corrected chi connectivity index (χ1v) is 11.8. The van der Waals surface area contributed by atoms with Gasteiger partial charge in [0.1, 0.15) is 11.2 Å². The van der Waals surface area contributed by atoms with E-state index in [0.717, 1.165) is 46.5 Å². The van der Waals surface area contributed by atoms with Gasteiger partial charge in [0.2, 0.25) is 0 Å². The van der Waals surface area contributed by atoms with Gasteiger partial charge in [0.25, 0.3) is 0 Å². The van der Waals surface area contributed by atoms with Crippen LogP contribution in [0.1, 0.15) is 38.6 Å². The zero-order chi connectivity index (χ0) is 24.9. The molecule has 8 heteroatoms. The summed E-state index contributed by atoms with van der Waals surface area (Å²) in [6, 6.07) is 9.74. The van der Waals surface area contributed by atoms with Gasteiger partial charge in [0.05, 0.1) is 28.5 Å². The SMILES string of the molecule is Cc1cn2cc(-c3cc4ccc(N5CCC(NC(=O)OC(C)(C)C)C5)cc4oc3=O)cc2c(C)n1.